The van der Waals surface area contributed by atoms with Gasteiger partial charge in [0, 0.05) is 30.2 Å². The lowest BCUT2D eigenvalue weighted by atomic mass is 9.75. The minimum atomic E-state index is -0.0656. The number of thiazole rings is 1. The molecule has 150 valence electrons. The minimum absolute atomic E-state index is 0.0656. The van der Waals surface area contributed by atoms with Crippen molar-refractivity contribution in [3.8, 4) is 11.3 Å². The Hall–Kier alpha value is -1.18. The van der Waals surface area contributed by atoms with Crippen molar-refractivity contribution in [3.05, 3.63) is 33.6 Å². The summed E-state index contributed by atoms with van der Waals surface area (Å²) in [6, 6.07) is 5.78. The molecule has 5 nitrogen and oxygen atoms in total. The van der Waals surface area contributed by atoms with Gasteiger partial charge in [-0.2, -0.15) is 0 Å². The molecule has 4 rings (SSSR count). The van der Waals surface area contributed by atoms with E-state index in [2.05, 4.69) is 15.6 Å². The normalized spacial score (nSPS) is 21.1. The molecule has 1 saturated carbocycles. The third-order valence-corrected chi connectivity index (χ3v) is 7.37. The van der Waals surface area contributed by atoms with Gasteiger partial charge in [0.15, 0.2) is 5.13 Å². The van der Waals surface area contributed by atoms with Gasteiger partial charge in [0.1, 0.15) is 0 Å². The lowest BCUT2D eigenvalue weighted by molar-refractivity contribution is -0.115. The Morgan fingerprint density at radius 1 is 1.25 bits per heavy atom. The standard InChI is InChI=1S/C20H23Cl2N3O2S/c21-14-4-3-13(10-15(14)22)16-12-28-19(24-16)25-18(26)11-23-17-2-1-5-20(17)6-8-27-9-7-20/h3-4,10,12,17,23H,1-2,5-9,11H2,(H,24,25,26). The number of anilines is 1. The summed E-state index contributed by atoms with van der Waals surface area (Å²) >= 11 is 13.4. The van der Waals surface area contributed by atoms with Crippen LogP contribution in [0.3, 0.4) is 0 Å². The van der Waals surface area contributed by atoms with Crippen LogP contribution < -0.4 is 10.6 Å². The average molecular weight is 440 g/mol. The number of benzene rings is 1. The van der Waals surface area contributed by atoms with Crippen LogP contribution in [-0.2, 0) is 9.53 Å². The largest absolute Gasteiger partial charge is 0.381 e. The highest BCUT2D eigenvalue weighted by molar-refractivity contribution is 7.14. The number of ether oxygens (including phenoxy) is 1. The highest BCUT2D eigenvalue weighted by atomic mass is 35.5. The first kappa shape index (κ1) is 20.1. The van der Waals surface area contributed by atoms with Gasteiger partial charge in [-0.05, 0) is 43.2 Å². The third-order valence-electron chi connectivity index (χ3n) is 5.87. The number of halogens is 2. The number of carbonyl (C=O) groups excluding carboxylic acids is 1. The van der Waals surface area contributed by atoms with E-state index in [0.29, 0.717) is 33.2 Å². The molecule has 8 heteroatoms. The fraction of sp³-hybridized carbons (Fsp3) is 0.500. The number of hydrogen-bond donors (Lipinski definition) is 2. The molecule has 2 fully saturated rings. The van der Waals surface area contributed by atoms with Crippen molar-refractivity contribution in [2.45, 2.75) is 38.1 Å². The zero-order chi connectivity index (χ0) is 19.6. The van der Waals surface area contributed by atoms with Crippen molar-refractivity contribution in [2.75, 3.05) is 25.1 Å². The molecule has 1 aliphatic carbocycles. The van der Waals surface area contributed by atoms with E-state index in [-0.39, 0.29) is 5.91 Å². The molecule has 0 bridgehead atoms. The molecule has 1 amide bonds. The maximum Gasteiger partial charge on any atom is 0.240 e. The Morgan fingerprint density at radius 2 is 2.07 bits per heavy atom. The second kappa shape index (κ2) is 8.67. The van der Waals surface area contributed by atoms with Gasteiger partial charge in [0.2, 0.25) is 5.91 Å². The molecule has 2 heterocycles. The van der Waals surface area contributed by atoms with E-state index in [1.54, 1.807) is 12.1 Å². The molecule has 1 atom stereocenters. The highest BCUT2D eigenvalue weighted by Crippen LogP contribution is 2.45. The average Bonchev–Trinajstić information content (AvgIpc) is 3.30. The Bertz CT molecular complexity index is 852. The van der Waals surface area contributed by atoms with Crippen LogP contribution in [0.4, 0.5) is 5.13 Å². The summed E-state index contributed by atoms with van der Waals surface area (Å²) in [5.41, 5.74) is 1.95. The van der Waals surface area contributed by atoms with E-state index >= 15 is 0 Å². The van der Waals surface area contributed by atoms with Crippen molar-refractivity contribution < 1.29 is 9.53 Å². The number of rotatable bonds is 5. The Labute approximate surface area is 178 Å². The van der Waals surface area contributed by atoms with E-state index in [1.165, 1.54) is 24.2 Å². The van der Waals surface area contributed by atoms with Crippen LogP contribution in [0.1, 0.15) is 32.1 Å². The molecule has 1 aromatic heterocycles. The van der Waals surface area contributed by atoms with Crippen molar-refractivity contribution in [3.63, 3.8) is 0 Å². The van der Waals surface area contributed by atoms with Crippen molar-refractivity contribution >= 4 is 45.6 Å². The summed E-state index contributed by atoms with van der Waals surface area (Å²) in [5, 5.41) is 9.87. The van der Waals surface area contributed by atoms with Gasteiger partial charge in [0.05, 0.1) is 22.3 Å². The maximum atomic E-state index is 12.4. The van der Waals surface area contributed by atoms with E-state index in [4.69, 9.17) is 27.9 Å². The molecular formula is C20H23Cl2N3O2S. The molecule has 2 aliphatic rings. The first-order valence-corrected chi connectivity index (χ1v) is 11.2. The summed E-state index contributed by atoms with van der Waals surface area (Å²) in [5.74, 6) is -0.0656. The van der Waals surface area contributed by atoms with E-state index in [0.717, 1.165) is 43.7 Å². The molecule has 2 N–H and O–H groups in total. The van der Waals surface area contributed by atoms with E-state index in [1.807, 2.05) is 11.4 Å². The predicted molar refractivity (Wildman–Crippen MR) is 114 cm³/mol. The summed E-state index contributed by atoms with van der Waals surface area (Å²) in [6.45, 7) is 1.97. The molecule has 1 saturated heterocycles. The van der Waals surface area contributed by atoms with Gasteiger partial charge in [-0.15, -0.1) is 11.3 Å². The topological polar surface area (TPSA) is 63.2 Å². The first-order valence-electron chi connectivity index (χ1n) is 9.58. The Morgan fingerprint density at radius 3 is 2.86 bits per heavy atom. The fourth-order valence-electron chi connectivity index (χ4n) is 4.33. The highest BCUT2D eigenvalue weighted by Gasteiger charge is 2.43. The monoisotopic (exact) mass is 439 g/mol. The molecule has 0 radical (unpaired) electrons. The van der Waals surface area contributed by atoms with Gasteiger partial charge in [0.25, 0.3) is 0 Å². The van der Waals surface area contributed by atoms with Gasteiger partial charge >= 0.3 is 0 Å². The second-order valence-corrected chi connectivity index (χ2v) is 9.19. The summed E-state index contributed by atoms with van der Waals surface area (Å²) in [4.78, 5) is 16.9. The molecule has 1 spiro atoms. The van der Waals surface area contributed by atoms with Crippen LogP contribution in [0.2, 0.25) is 10.0 Å². The van der Waals surface area contributed by atoms with Crippen LogP contribution in [0.5, 0.6) is 0 Å². The summed E-state index contributed by atoms with van der Waals surface area (Å²) < 4.78 is 5.53. The number of nitrogens with one attached hydrogen (secondary N) is 2. The summed E-state index contributed by atoms with van der Waals surface area (Å²) in [6.07, 6.45) is 5.76. The second-order valence-electron chi connectivity index (χ2n) is 7.52. The van der Waals surface area contributed by atoms with Gasteiger partial charge < -0.3 is 15.4 Å². The number of nitrogens with zero attached hydrogens (tertiary/aromatic N) is 1. The van der Waals surface area contributed by atoms with E-state index in [9.17, 15) is 4.79 Å². The maximum absolute atomic E-state index is 12.4. The van der Waals surface area contributed by atoms with Crippen LogP contribution in [0.15, 0.2) is 23.6 Å². The van der Waals surface area contributed by atoms with E-state index < -0.39 is 0 Å². The SMILES string of the molecule is O=C(CNC1CCCC12CCOCC2)Nc1nc(-c2ccc(Cl)c(Cl)c2)cs1. The molecular weight excluding hydrogens is 417 g/mol. The smallest absolute Gasteiger partial charge is 0.240 e. The zero-order valence-corrected chi connectivity index (χ0v) is 17.8. The Kier molecular flexibility index (Phi) is 6.23. The lowest BCUT2D eigenvalue weighted by Gasteiger charge is -2.39. The molecule has 1 aliphatic heterocycles. The Balaban J connectivity index is 1.33. The van der Waals surface area contributed by atoms with Crippen LogP contribution in [-0.4, -0.2) is 36.7 Å². The predicted octanol–water partition coefficient (Wildman–Crippen LogP) is 4.99. The zero-order valence-electron chi connectivity index (χ0n) is 15.5. The molecule has 2 aromatic rings. The van der Waals surface area contributed by atoms with Crippen molar-refractivity contribution in [1.82, 2.24) is 10.3 Å². The van der Waals surface area contributed by atoms with Gasteiger partial charge in [-0.1, -0.05) is 35.7 Å². The molecule has 28 heavy (non-hydrogen) atoms. The van der Waals surface area contributed by atoms with Crippen molar-refractivity contribution in [2.24, 2.45) is 5.41 Å². The van der Waals surface area contributed by atoms with Crippen LogP contribution in [0, 0.1) is 5.41 Å². The number of amides is 1. The minimum Gasteiger partial charge on any atom is -0.381 e. The van der Waals surface area contributed by atoms with Crippen molar-refractivity contribution in [1.29, 1.82) is 0 Å². The summed E-state index contributed by atoms with van der Waals surface area (Å²) in [7, 11) is 0. The molecule has 1 aromatic carbocycles. The lowest BCUT2D eigenvalue weighted by Crippen LogP contribution is -2.47. The van der Waals surface area contributed by atoms with Gasteiger partial charge in [-0.3, -0.25) is 4.79 Å². The third kappa shape index (κ3) is 4.36. The number of carbonyl (C=O) groups is 1. The quantitative estimate of drug-likeness (QED) is 0.688. The van der Waals surface area contributed by atoms with Crippen LogP contribution >= 0.6 is 34.5 Å². The molecule has 1 unspecified atom stereocenters. The fourth-order valence-corrected chi connectivity index (χ4v) is 5.37. The number of aromatic nitrogens is 1. The number of hydrogen-bond acceptors (Lipinski definition) is 5. The van der Waals surface area contributed by atoms with Gasteiger partial charge in [-0.25, -0.2) is 4.98 Å². The van der Waals surface area contributed by atoms with Crippen LogP contribution in [0.25, 0.3) is 11.3 Å². The first-order chi connectivity index (χ1) is 13.6.